The van der Waals surface area contributed by atoms with Crippen LogP contribution in [0.3, 0.4) is 0 Å². The summed E-state index contributed by atoms with van der Waals surface area (Å²) in [5.74, 6) is 0. The van der Waals surface area contributed by atoms with Gasteiger partial charge in [-0.25, -0.2) is 4.98 Å². The van der Waals surface area contributed by atoms with Gasteiger partial charge >= 0.3 is 0 Å². The van der Waals surface area contributed by atoms with Crippen LogP contribution >= 0.6 is 0 Å². The average molecular weight is 282 g/mol. The van der Waals surface area contributed by atoms with Crippen LogP contribution < -0.4 is 0 Å². The maximum absolute atomic E-state index is 11.4. The number of rotatable bonds is 4. The molecule has 1 aromatic carbocycles. The summed E-state index contributed by atoms with van der Waals surface area (Å²) in [5, 5.41) is 0. The predicted molar refractivity (Wildman–Crippen MR) is 83.3 cm³/mol. The van der Waals surface area contributed by atoms with Crippen LogP contribution in [0.4, 0.5) is 0 Å². The lowest BCUT2D eigenvalue weighted by Crippen LogP contribution is -2.25. The van der Waals surface area contributed by atoms with Gasteiger partial charge in [0.1, 0.15) is 12.3 Å². The molecule has 110 valence electrons. The lowest BCUT2D eigenvalue weighted by molar-refractivity contribution is -0.109. The summed E-state index contributed by atoms with van der Waals surface area (Å²) in [5.41, 5.74) is 2.73. The molecular formula is C18H22N2O. The first kappa shape index (κ1) is 14.1. The summed E-state index contributed by atoms with van der Waals surface area (Å²) in [6.45, 7) is 2.37. The molecule has 1 unspecified atom stereocenters. The Balaban J connectivity index is 1.85. The first-order chi connectivity index (χ1) is 10.2. The number of nitrogens with zero attached hydrogens (tertiary/aromatic N) is 2. The molecule has 0 N–H and O–H groups in total. The molecule has 0 saturated heterocycles. The summed E-state index contributed by atoms with van der Waals surface area (Å²) in [7, 11) is 0. The zero-order valence-corrected chi connectivity index (χ0v) is 12.5. The molecule has 1 atom stereocenters. The van der Waals surface area contributed by atoms with Gasteiger partial charge in [-0.2, -0.15) is 0 Å². The zero-order valence-electron chi connectivity index (χ0n) is 12.5. The fourth-order valence-electron chi connectivity index (χ4n) is 3.46. The molecule has 21 heavy (non-hydrogen) atoms. The van der Waals surface area contributed by atoms with E-state index in [4.69, 9.17) is 0 Å². The third-order valence-corrected chi connectivity index (χ3v) is 4.88. The van der Waals surface area contributed by atoms with Gasteiger partial charge in [-0.05, 0) is 29.4 Å². The van der Waals surface area contributed by atoms with Gasteiger partial charge in [-0.15, -0.1) is 0 Å². The molecule has 0 radical (unpaired) electrons. The Morgan fingerprint density at radius 3 is 2.48 bits per heavy atom. The van der Waals surface area contributed by atoms with E-state index in [1.165, 1.54) is 37.7 Å². The third-order valence-electron chi connectivity index (χ3n) is 4.88. The van der Waals surface area contributed by atoms with E-state index < -0.39 is 0 Å². The van der Waals surface area contributed by atoms with E-state index in [-0.39, 0.29) is 6.04 Å². The number of imidazole rings is 1. The summed E-state index contributed by atoms with van der Waals surface area (Å²) >= 11 is 0. The largest absolute Gasteiger partial charge is 0.323 e. The molecule has 1 fully saturated rings. The van der Waals surface area contributed by atoms with Crippen molar-refractivity contribution in [3.8, 4) is 0 Å². The SMILES string of the molecule is CC1(c2ccc(C(C=O)n3ccnc3)cc2)CCCCC1. The maximum atomic E-state index is 11.4. The summed E-state index contributed by atoms with van der Waals surface area (Å²) < 4.78 is 1.84. The van der Waals surface area contributed by atoms with Crippen LogP contribution in [0.5, 0.6) is 0 Å². The number of carbonyl (C=O) groups excluding carboxylic acids is 1. The molecule has 1 aliphatic rings. The fourth-order valence-corrected chi connectivity index (χ4v) is 3.46. The minimum Gasteiger partial charge on any atom is -0.323 e. The van der Waals surface area contributed by atoms with E-state index in [2.05, 4.69) is 36.2 Å². The molecule has 0 spiro atoms. The topological polar surface area (TPSA) is 34.9 Å². The van der Waals surface area contributed by atoms with Crippen molar-refractivity contribution in [3.05, 3.63) is 54.1 Å². The van der Waals surface area contributed by atoms with Gasteiger partial charge in [0.05, 0.1) is 6.33 Å². The van der Waals surface area contributed by atoms with E-state index >= 15 is 0 Å². The number of benzene rings is 1. The fraction of sp³-hybridized carbons (Fsp3) is 0.444. The minimum atomic E-state index is -0.277. The maximum Gasteiger partial charge on any atom is 0.147 e. The second kappa shape index (κ2) is 5.84. The highest BCUT2D eigenvalue weighted by Crippen LogP contribution is 2.39. The van der Waals surface area contributed by atoms with E-state index in [9.17, 15) is 4.79 Å². The Morgan fingerprint density at radius 1 is 1.19 bits per heavy atom. The summed E-state index contributed by atoms with van der Waals surface area (Å²) in [6, 6.07) is 8.31. The van der Waals surface area contributed by atoms with E-state index in [0.717, 1.165) is 11.8 Å². The average Bonchev–Trinajstić information content (AvgIpc) is 3.04. The number of aromatic nitrogens is 2. The van der Waals surface area contributed by atoms with Crippen LogP contribution in [0.2, 0.25) is 0 Å². The second-order valence-electron chi connectivity index (χ2n) is 6.33. The third kappa shape index (κ3) is 2.78. The Bertz CT molecular complexity index is 580. The van der Waals surface area contributed by atoms with E-state index in [1.54, 1.807) is 12.5 Å². The number of hydrogen-bond donors (Lipinski definition) is 0. The highest BCUT2D eigenvalue weighted by Gasteiger charge is 2.28. The van der Waals surface area contributed by atoms with Gasteiger partial charge in [-0.3, -0.25) is 0 Å². The van der Waals surface area contributed by atoms with Crippen LogP contribution in [0.1, 0.15) is 56.2 Å². The first-order valence-electron chi connectivity index (χ1n) is 7.76. The van der Waals surface area contributed by atoms with Gasteiger partial charge < -0.3 is 9.36 Å². The van der Waals surface area contributed by atoms with Crippen LogP contribution in [-0.2, 0) is 10.2 Å². The van der Waals surface area contributed by atoms with Crippen LogP contribution in [0.15, 0.2) is 43.0 Å². The molecule has 3 rings (SSSR count). The second-order valence-corrected chi connectivity index (χ2v) is 6.33. The standard InChI is InChI=1S/C18H22N2O/c1-18(9-3-2-4-10-18)16-7-5-15(6-8-16)17(13-21)20-12-11-19-14-20/h5-8,11-14,17H,2-4,9-10H2,1H3. The summed E-state index contributed by atoms with van der Waals surface area (Å²) in [4.78, 5) is 15.4. The molecule has 0 bridgehead atoms. The lowest BCUT2D eigenvalue weighted by atomic mass is 9.71. The number of hydrogen-bond acceptors (Lipinski definition) is 2. The van der Waals surface area contributed by atoms with Crippen LogP contribution in [0, 0.1) is 0 Å². The molecular weight excluding hydrogens is 260 g/mol. The van der Waals surface area contributed by atoms with E-state index in [1.807, 2.05) is 10.8 Å². The minimum absolute atomic E-state index is 0.277. The molecule has 3 nitrogen and oxygen atoms in total. The van der Waals surface area contributed by atoms with Gasteiger partial charge in [0.2, 0.25) is 0 Å². The van der Waals surface area contributed by atoms with Crippen molar-refractivity contribution in [3.63, 3.8) is 0 Å². The quantitative estimate of drug-likeness (QED) is 0.797. The molecule has 3 heteroatoms. The van der Waals surface area contributed by atoms with Crippen molar-refractivity contribution < 1.29 is 4.79 Å². The van der Waals surface area contributed by atoms with Crippen LogP contribution in [0.25, 0.3) is 0 Å². The highest BCUT2D eigenvalue weighted by atomic mass is 16.1. The van der Waals surface area contributed by atoms with Crippen molar-refractivity contribution in [1.29, 1.82) is 0 Å². The van der Waals surface area contributed by atoms with E-state index in [0.29, 0.717) is 5.41 Å². The molecule has 1 aromatic heterocycles. The Morgan fingerprint density at radius 2 is 1.90 bits per heavy atom. The molecule has 2 aromatic rings. The molecule has 1 heterocycles. The van der Waals surface area contributed by atoms with Gasteiger partial charge in [-0.1, -0.05) is 50.5 Å². The Hall–Kier alpha value is -1.90. The Labute approximate surface area is 126 Å². The monoisotopic (exact) mass is 282 g/mol. The molecule has 1 saturated carbocycles. The van der Waals surface area contributed by atoms with Crippen molar-refractivity contribution >= 4 is 6.29 Å². The number of aldehydes is 1. The first-order valence-corrected chi connectivity index (χ1v) is 7.76. The lowest BCUT2D eigenvalue weighted by Gasteiger charge is -2.34. The zero-order chi connectivity index (χ0) is 14.7. The van der Waals surface area contributed by atoms with Crippen molar-refractivity contribution in [1.82, 2.24) is 9.55 Å². The van der Waals surface area contributed by atoms with Crippen molar-refractivity contribution in [2.45, 2.75) is 50.5 Å². The van der Waals surface area contributed by atoms with Gasteiger partial charge in [0.15, 0.2) is 0 Å². The Kier molecular flexibility index (Phi) is 3.91. The summed E-state index contributed by atoms with van der Waals surface area (Å²) in [6.07, 6.45) is 12.7. The van der Waals surface area contributed by atoms with Crippen molar-refractivity contribution in [2.24, 2.45) is 0 Å². The van der Waals surface area contributed by atoms with Gasteiger partial charge in [0.25, 0.3) is 0 Å². The highest BCUT2D eigenvalue weighted by molar-refractivity contribution is 5.62. The predicted octanol–water partition coefficient (Wildman–Crippen LogP) is 3.89. The molecule has 0 amide bonds. The van der Waals surface area contributed by atoms with Crippen LogP contribution in [-0.4, -0.2) is 15.8 Å². The normalized spacial score (nSPS) is 19.1. The molecule has 1 aliphatic carbocycles. The van der Waals surface area contributed by atoms with Crippen molar-refractivity contribution in [2.75, 3.05) is 0 Å². The molecule has 0 aliphatic heterocycles. The smallest absolute Gasteiger partial charge is 0.147 e. The van der Waals surface area contributed by atoms with Gasteiger partial charge in [0, 0.05) is 12.4 Å². The number of carbonyl (C=O) groups is 1.